The fourth-order valence-corrected chi connectivity index (χ4v) is 1.62. The van der Waals surface area contributed by atoms with Crippen molar-refractivity contribution in [2.45, 2.75) is 0 Å². The summed E-state index contributed by atoms with van der Waals surface area (Å²) < 4.78 is 10.3. The number of methoxy groups -OCH3 is 1. The van der Waals surface area contributed by atoms with Crippen LogP contribution in [0.5, 0.6) is 5.75 Å². The van der Waals surface area contributed by atoms with Crippen LogP contribution >= 0.6 is 11.6 Å². The van der Waals surface area contributed by atoms with Crippen molar-refractivity contribution in [3.05, 3.63) is 23.2 Å². The molecular formula is C13H18ClN3O4. The van der Waals surface area contributed by atoms with Crippen LogP contribution in [0.3, 0.4) is 0 Å². The number of benzene rings is 1. The predicted octanol–water partition coefficient (Wildman–Crippen LogP) is 0.379. The third-order valence-corrected chi connectivity index (χ3v) is 2.69. The third kappa shape index (κ3) is 6.44. The highest BCUT2D eigenvalue weighted by molar-refractivity contribution is 6.32. The van der Waals surface area contributed by atoms with E-state index in [2.05, 4.69) is 10.6 Å². The summed E-state index contributed by atoms with van der Waals surface area (Å²) >= 11 is 6.04. The van der Waals surface area contributed by atoms with Crippen LogP contribution in [0.2, 0.25) is 5.02 Å². The lowest BCUT2D eigenvalue weighted by atomic mass is 10.3. The molecule has 0 heterocycles. The molecule has 1 aromatic carbocycles. The van der Waals surface area contributed by atoms with Gasteiger partial charge in [-0.15, -0.1) is 0 Å². The van der Waals surface area contributed by atoms with Crippen molar-refractivity contribution in [3.63, 3.8) is 0 Å². The van der Waals surface area contributed by atoms with Crippen LogP contribution in [0.15, 0.2) is 18.2 Å². The van der Waals surface area contributed by atoms with Gasteiger partial charge in [-0.2, -0.15) is 0 Å². The highest BCUT2D eigenvalue weighted by Crippen LogP contribution is 2.27. The summed E-state index contributed by atoms with van der Waals surface area (Å²) in [5.74, 6) is -0.269. The number of carbonyl (C=O) groups excluding carboxylic acids is 2. The molecule has 0 aromatic heterocycles. The Labute approximate surface area is 127 Å². The number of ether oxygens (including phenoxy) is 2. The van der Waals surface area contributed by atoms with Gasteiger partial charge in [0.15, 0.2) is 0 Å². The van der Waals surface area contributed by atoms with Crippen molar-refractivity contribution in [2.75, 3.05) is 38.7 Å². The summed E-state index contributed by atoms with van der Waals surface area (Å²) in [5, 5.41) is 5.33. The first-order valence-corrected chi connectivity index (χ1v) is 6.62. The summed E-state index contributed by atoms with van der Waals surface area (Å²) in [6.45, 7) is 0.523. The Morgan fingerprint density at radius 3 is 2.67 bits per heavy atom. The Morgan fingerprint density at radius 1 is 1.29 bits per heavy atom. The fourth-order valence-electron chi connectivity index (χ4n) is 1.39. The first kappa shape index (κ1) is 17.2. The third-order valence-electron chi connectivity index (χ3n) is 2.39. The number of hydrogen-bond donors (Lipinski definition) is 3. The van der Waals surface area contributed by atoms with Crippen molar-refractivity contribution in [1.82, 2.24) is 5.32 Å². The van der Waals surface area contributed by atoms with E-state index in [0.717, 1.165) is 0 Å². The standard InChI is InChI=1S/C13H18ClN3O4/c1-20-4-5-21-11-3-2-9(6-10(11)14)17-13(19)8-16-12(18)7-15/h2-3,6H,4-5,7-8,15H2,1H3,(H,16,18)(H,17,19). The Morgan fingerprint density at radius 2 is 2.05 bits per heavy atom. The van der Waals surface area contributed by atoms with E-state index in [1.54, 1.807) is 25.3 Å². The molecule has 0 saturated carbocycles. The van der Waals surface area contributed by atoms with Gasteiger partial charge in [0.1, 0.15) is 12.4 Å². The minimum absolute atomic E-state index is 0.153. The van der Waals surface area contributed by atoms with Crippen LogP contribution in [0.4, 0.5) is 5.69 Å². The Hall–Kier alpha value is -1.83. The van der Waals surface area contributed by atoms with Crippen LogP contribution in [0.25, 0.3) is 0 Å². The molecule has 0 unspecified atom stereocenters. The lowest BCUT2D eigenvalue weighted by molar-refractivity contribution is -0.123. The number of hydrogen-bond acceptors (Lipinski definition) is 5. The van der Waals surface area contributed by atoms with E-state index in [1.807, 2.05) is 0 Å². The van der Waals surface area contributed by atoms with Crippen molar-refractivity contribution in [1.29, 1.82) is 0 Å². The zero-order valence-electron chi connectivity index (χ0n) is 11.6. The maximum absolute atomic E-state index is 11.6. The topological polar surface area (TPSA) is 103 Å². The van der Waals surface area contributed by atoms with Gasteiger partial charge >= 0.3 is 0 Å². The van der Waals surface area contributed by atoms with Crippen molar-refractivity contribution < 1.29 is 19.1 Å². The van der Waals surface area contributed by atoms with Crippen molar-refractivity contribution in [2.24, 2.45) is 5.73 Å². The van der Waals surface area contributed by atoms with Gasteiger partial charge in [-0.3, -0.25) is 9.59 Å². The molecule has 0 aliphatic carbocycles. The molecule has 1 rings (SSSR count). The number of nitrogens with one attached hydrogen (secondary N) is 2. The number of carbonyl (C=O) groups is 2. The van der Waals surface area contributed by atoms with Gasteiger partial charge in [0, 0.05) is 12.8 Å². The number of halogens is 1. The zero-order chi connectivity index (χ0) is 15.7. The maximum atomic E-state index is 11.6. The van der Waals surface area contributed by atoms with Gasteiger partial charge in [0.25, 0.3) is 0 Å². The largest absolute Gasteiger partial charge is 0.490 e. The molecule has 0 bridgehead atoms. The average molecular weight is 316 g/mol. The number of nitrogens with two attached hydrogens (primary N) is 1. The average Bonchev–Trinajstić information content (AvgIpc) is 2.47. The molecule has 2 amide bonds. The highest BCUT2D eigenvalue weighted by atomic mass is 35.5. The normalized spacial score (nSPS) is 10.0. The summed E-state index contributed by atoms with van der Waals surface area (Å²) in [7, 11) is 1.58. The van der Waals surface area contributed by atoms with Crippen molar-refractivity contribution >= 4 is 29.1 Å². The lowest BCUT2D eigenvalue weighted by Gasteiger charge is -2.10. The minimum atomic E-state index is -0.398. The van der Waals surface area contributed by atoms with E-state index in [1.165, 1.54) is 0 Å². The molecule has 0 saturated heterocycles. The molecule has 0 fully saturated rings. The van der Waals surface area contributed by atoms with Crippen LogP contribution < -0.4 is 21.1 Å². The van der Waals surface area contributed by atoms with Crippen LogP contribution in [0.1, 0.15) is 0 Å². The van der Waals surface area contributed by atoms with Crippen LogP contribution in [-0.4, -0.2) is 45.2 Å². The second-order valence-corrected chi connectivity index (χ2v) is 4.42. The number of anilines is 1. The molecule has 8 heteroatoms. The summed E-state index contributed by atoms with van der Waals surface area (Å²) in [5.41, 5.74) is 5.62. The molecule has 4 N–H and O–H groups in total. The molecule has 0 radical (unpaired) electrons. The summed E-state index contributed by atoms with van der Waals surface area (Å²) in [6, 6.07) is 4.86. The van der Waals surface area contributed by atoms with Crippen molar-refractivity contribution in [3.8, 4) is 5.75 Å². The van der Waals surface area contributed by atoms with Crippen LogP contribution in [-0.2, 0) is 14.3 Å². The van der Waals surface area contributed by atoms with Gasteiger partial charge in [0.2, 0.25) is 11.8 Å². The summed E-state index contributed by atoms with van der Waals surface area (Å²) in [6.07, 6.45) is 0. The molecule has 1 aromatic rings. The predicted molar refractivity (Wildman–Crippen MR) is 79.5 cm³/mol. The van der Waals surface area contributed by atoms with E-state index >= 15 is 0 Å². The van der Waals surface area contributed by atoms with Gasteiger partial charge in [-0.25, -0.2) is 0 Å². The Kier molecular flexibility index (Phi) is 7.52. The zero-order valence-corrected chi connectivity index (χ0v) is 12.4. The molecule has 21 heavy (non-hydrogen) atoms. The van der Waals surface area contributed by atoms with E-state index in [0.29, 0.717) is 29.7 Å². The second-order valence-electron chi connectivity index (χ2n) is 4.02. The molecule has 0 aliphatic rings. The molecule has 0 aliphatic heterocycles. The highest BCUT2D eigenvalue weighted by Gasteiger charge is 2.07. The van der Waals surface area contributed by atoms with E-state index < -0.39 is 5.91 Å². The fraction of sp³-hybridized carbons (Fsp3) is 0.385. The van der Waals surface area contributed by atoms with E-state index in [9.17, 15) is 9.59 Å². The Bertz CT molecular complexity index is 496. The van der Waals surface area contributed by atoms with Gasteiger partial charge in [-0.05, 0) is 18.2 Å². The number of amides is 2. The smallest absolute Gasteiger partial charge is 0.243 e. The van der Waals surface area contributed by atoms with E-state index in [-0.39, 0.29) is 19.0 Å². The lowest BCUT2D eigenvalue weighted by Crippen LogP contribution is -2.36. The first-order chi connectivity index (χ1) is 10.1. The maximum Gasteiger partial charge on any atom is 0.243 e. The molecule has 0 atom stereocenters. The second kappa shape index (κ2) is 9.17. The molecule has 116 valence electrons. The Balaban J connectivity index is 2.51. The van der Waals surface area contributed by atoms with E-state index in [4.69, 9.17) is 26.8 Å². The quantitative estimate of drug-likeness (QED) is 0.602. The van der Waals surface area contributed by atoms with Crippen LogP contribution in [0, 0.1) is 0 Å². The number of rotatable bonds is 8. The SMILES string of the molecule is COCCOc1ccc(NC(=O)CNC(=O)CN)cc1Cl. The van der Waals surface area contributed by atoms with Gasteiger partial charge in [0.05, 0.1) is 24.7 Å². The monoisotopic (exact) mass is 315 g/mol. The molecule has 0 spiro atoms. The molecular weight excluding hydrogens is 298 g/mol. The van der Waals surface area contributed by atoms with Gasteiger partial charge < -0.3 is 25.8 Å². The minimum Gasteiger partial charge on any atom is -0.490 e. The summed E-state index contributed by atoms with van der Waals surface area (Å²) in [4.78, 5) is 22.5. The van der Waals surface area contributed by atoms with Gasteiger partial charge in [-0.1, -0.05) is 11.6 Å². The first-order valence-electron chi connectivity index (χ1n) is 6.24. The molecule has 7 nitrogen and oxygen atoms in total.